The average Bonchev–Trinajstić information content (AvgIpc) is 3.34. The molecule has 4 nitrogen and oxygen atoms in total. The van der Waals surface area contributed by atoms with Crippen LogP contribution in [-0.2, 0) is 16.6 Å². The Balaban J connectivity index is 1.62. The molecular formula is C30H35ClN2O2S. The van der Waals surface area contributed by atoms with E-state index in [0.717, 1.165) is 24.8 Å². The third kappa shape index (κ3) is 5.84. The zero-order valence-electron chi connectivity index (χ0n) is 21.6. The standard InChI is InChI=1S/C30H35ClN2O2S/c1-5-6-16-32(29(35)22-8-7-9-24(31)19-22)20-27(34)33-17-14-26-25(15-18-36-26)28(33)21-10-12-23(13-11-21)30(2,3)4/h7-13,15,18-19,28H,5-6,14,16-17,20H2,1-4H3. The van der Waals surface area contributed by atoms with Crippen molar-refractivity contribution in [1.29, 1.82) is 0 Å². The highest BCUT2D eigenvalue weighted by molar-refractivity contribution is 7.10. The third-order valence-electron chi connectivity index (χ3n) is 6.85. The maximum atomic E-state index is 13.8. The van der Waals surface area contributed by atoms with Gasteiger partial charge in [0, 0.05) is 28.6 Å². The minimum Gasteiger partial charge on any atom is -0.330 e. The van der Waals surface area contributed by atoms with Crippen molar-refractivity contribution in [1.82, 2.24) is 9.80 Å². The van der Waals surface area contributed by atoms with Crippen molar-refractivity contribution in [3.63, 3.8) is 0 Å². The topological polar surface area (TPSA) is 40.6 Å². The van der Waals surface area contributed by atoms with Crippen LogP contribution in [0.25, 0.3) is 0 Å². The van der Waals surface area contributed by atoms with Gasteiger partial charge in [-0.15, -0.1) is 11.3 Å². The highest BCUT2D eigenvalue weighted by atomic mass is 35.5. The van der Waals surface area contributed by atoms with Gasteiger partial charge in [-0.3, -0.25) is 9.59 Å². The molecule has 6 heteroatoms. The zero-order chi connectivity index (χ0) is 25.9. The van der Waals surface area contributed by atoms with Gasteiger partial charge in [0.05, 0.1) is 6.04 Å². The Morgan fingerprint density at radius 3 is 2.53 bits per heavy atom. The van der Waals surface area contributed by atoms with Crippen LogP contribution in [0, 0.1) is 0 Å². The normalized spacial score (nSPS) is 15.5. The average molecular weight is 523 g/mol. The fourth-order valence-corrected chi connectivity index (χ4v) is 5.86. The molecule has 0 saturated carbocycles. The summed E-state index contributed by atoms with van der Waals surface area (Å²) in [4.78, 5) is 32.2. The van der Waals surface area contributed by atoms with Gasteiger partial charge in [-0.05, 0) is 64.6 Å². The Labute approximate surface area is 223 Å². The second-order valence-corrected chi connectivity index (χ2v) is 11.9. The molecule has 0 radical (unpaired) electrons. The van der Waals surface area contributed by atoms with E-state index in [1.807, 2.05) is 4.90 Å². The Bertz CT molecular complexity index is 1210. The fourth-order valence-electron chi connectivity index (χ4n) is 4.77. The summed E-state index contributed by atoms with van der Waals surface area (Å²) in [5, 5.41) is 2.63. The van der Waals surface area contributed by atoms with E-state index in [-0.39, 0.29) is 29.8 Å². The molecule has 3 aromatic rings. The van der Waals surface area contributed by atoms with Crippen molar-refractivity contribution in [2.24, 2.45) is 0 Å². The third-order valence-corrected chi connectivity index (χ3v) is 8.08. The Morgan fingerprint density at radius 2 is 1.86 bits per heavy atom. The van der Waals surface area contributed by atoms with E-state index in [4.69, 9.17) is 11.6 Å². The first-order chi connectivity index (χ1) is 17.2. The summed E-state index contributed by atoms with van der Waals surface area (Å²) in [5.41, 5.74) is 4.15. The lowest BCUT2D eigenvalue weighted by molar-refractivity contribution is -0.134. The van der Waals surface area contributed by atoms with E-state index in [0.29, 0.717) is 23.7 Å². The van der Waals surface area contributed by atoms with Gasteiger partial charge >= 0.3 is 0 Å². The summed E-state index contributed by atoms with van der Waals surface area (Å²) >= 11 is 7.90. The quantitative estimate of drug-likeness (QED) is 0.331. The molecule has 1 unspecified atom stereocenters. The molecule has 0 saturated heterocycles. The molecule has 2 heterocycles. The molecule has 4 rings (SSSR count). The number of nitrogens with zero attached hydrogens (tertiary/aromatic N) is 2. The summed E-state index contributed by atoms with van der Waals surface area (Å²) in [5.74, 6) is -0.179. The number of fused-ring (bicyclic) bond motifs is 1. The van der Waals surface area contributed by atoms with Gasteiger partial charge in [-0.2, -0.15) is 0 Å². The Kier molecular flexibility index (Phi) is 8.21. The number of rotatable bonds is 7. The van der Waals surface area contributed by atoms with Crippen LogP contribution >= 0.6 is 22.9 Å². The predicted molar refractivity (Wildman–Crippen MR) is 149 cm³/mol. The molecule has 0 aliphatic carbocycles. The molecule has 1 aromatic heterocycles. The lowest BCUT2D eigenvalue weighted by Crippen LogP contribution is -2.47. The molecule has 2 aromatic carbocycles. The predicted octanol–water partition coefficient (Wildman–Crippen LogP) is 7.12. The Morgan fingerprint density at radius 1 is 1.11 bits per heavy atom. The van der Waals surface area contributed by atoms with Crippen LogP contribution in [0.5, 0.6) is 0 Å². The molecule has 1 aliphatic heterocycles. The van der Waals surface area contributed by atoms with Crippen molar-refractivity contribution < 1.29 is 9.59 Å². The Hall–Kier alpha value is -2.63. The van der Waals surface area contributed by atoms with Gasteiger partial charge in [0.15, 0.2) is 0 Å². The van der Waals surface area contributed by atoms with Crippen molar-refractivity contribution >= 4 is 34.8 Å². The maximum Gasteiger partial charge on any atom is 0.254 e. The van der Waals surface area contributed by atoms with E-state index >= 15 is 0 Å². The number of unbranched alkanes of at least 4 members (excludes halogenated alkanes) is 1. The minimum absolute atomic E-state index is 0.0248. The van der Waals surface area contributed by atoms with E-state index < -0.39 is 0 Å². The van der Waals surface area contributed by atoms with Crippen LogP contribution in [0.4, 0.5) is 0 Å². The van der Waals surface area contributed by atoms with Crippen LogP contribution < -0.4 is 0 Å². The molecule has 0 bridgehead atoms. The molecular weight excluding hydrogens is 488 g/mol. The second kappa shape index (κ2) is 11.2. The van der Waals surface area contributed by atoms with Crippen molar-refractivity contribution in [2.75, 3.05) is 19.6 Å². The van der Waals surface area contributed by atoms with Gasteiger partial charge < -0.3 is 9.80 Å². The summed E-state index contributed by atoms with van der Waals surface area (Å²) < 4.78 is 0. The largest absolute Gasteiger partial charge is 0.330 e. The van der Waals surface area contributed by atoms with Crippen molar-refractivity contribution in [3.05, 3.63) is 92.1 Å². The summed E-state index contributed by atoms with van der Waals surface area (Å²) in [6, 6.07) is 17.6. The minimum atomic E-state index is -0.154. The molecule has 1 aliphatic rings. The SMILES string of the molecule is CCCCN(CC(=O)N1CCc2sccc2C1c1ccc(C(C)(C)C)cc1)C(=O)c1cccc(Cl)c1. The van der Waals surface area contributed by atoms with E-state index in [9.17, 15) is 9.59 Å². The van der Waals surface area contributed by atoms with Crippen molar-refractivity contribution in [3.8, 4) is 0 Å². The molecule has 1 atom stereocenters. The van der Waals surface area contributed by atoms with E-state index in [2.05, 4.69) is 63.4 Å². The van der Waals surface area contributed by atoms with Gasteiger partial charge in [0.2, 0.25) is 5.91 Å². The number of halogens is 1. The van der Waals surface area contributed by atoms with Gasteiger partial charge in [-0.1, -0.05) is 76.0 Å². The lowest BCUT2D eigenvalue weighted by Gasteiger charge is -2.38. The zero-order valence-corrected chi connectivity index (χ0v) is 23.2. The monoisotopic (exact) mass is 522 g/mol. The molecule has 2 amide bonds. The maximum absolute atomic E-state index is 13.8. The molecule has 36 heavy (non-hydrogen) atoms. The van der Waals surface area contributed by atoms with Gasteiger partial charge in [0.1, 0.15) is 6.54 Å². The van der Waals surface area contributed by atoms with Crippen LogP contribution in [-0.4, -0.2) is 41.2 Å². The summed E-state index contributed by atoms with van der Waals surface area (Å²) in [6.07, 6.45) is 2.62. The number of thiophene rings is 1. The van der Waals surface area contributed by atoms with Crippen LogP contribution in [0.15, 0.2) is 60.0 Å². The molecule has 0 spiro atoms. The first-order valence-electron chi connectivity index (χ1n) is 12.7. The smallest absolute Gasteiger partial charge is 0.254 e. The highest BCUT2D eigenvalue weighted by Gasteiger charge is 2.34. The number of carbonyl (C=O) groups excluding carboxylic acids is 2. The number of amides is 2. The van der Waals surface area contributed by atoms with Gasteiger partial charge in [0.25, 0.3) is 5.91 Å². The van der Waals surface area contributed by atoms with E-state index in [1.165, 1.54) is 16.0 Å². The summed E-state index contributed by atoms with van der Waals surface area (Å²) in [6.45, 7) is 9.94. The first kappa shape index (κ1) is 26.4. The first-order valence-corrected chi connectivity index (χ1v) is 14.0. The second-order valence-electron chi connectivity index (χ2n) is 10.5. The fraction of sp³-hybridized carbons (Fsp3) is 0.400. The lowest BCUT2D eigenvalue weighted by atomic mass is 9.85. The van der Waals surface area contributed by atoms with E-state index in [1.54, 1.807) is 40.5 Å². The van der Waals surface area contributed by atoms with Gasteiger partial charge in [-0.25, -0.2) is 0 Å². The summed E-state index contributed by atoms with van der Waals surface area (Å²) in [7, 11) is 0. The molecule has 190 valence electrons. The highest BCUT2D eigenvalue weighted by Crippen LogP contribution is 2.38. The molecule has 0 N–H and O–H groups in total. The van der Waals surface area contributed by atoms with Crippen molar-refractivity contribution in [2.45, 2.75) is 58.4 Å². The number of carbonyl (C=O) groups is 2. The number of hydrogen-bond acceptors (Lipinski definition) is 3. The number of benzene rings is 2. The molecule has 0 fully saturated rings. The van der Waals surface area contributed by atoms with Crippen LogP contribution in [0.1, 0.15) is 78.5 Å². The van der Waals surface area contributed by atoms with Crippen LogP contribution in [0.3, 0.4) is 0 Å². The number of hydrogen-bond donors (Lipinski definition) is 0. The van der Waals surface area contributed by atoms with Crippen LogP contribution in [0.2, 0.25) is 5.02 Å².